The second kappa shape index (κ2) is 10.3. The van der Waals surface area contributed by atoms with Gasteiger partial charge in [0.2, 0.25) is 11.8 Å². The minimum atomic E-state index is -0.469. The molecule has 1 aromatic carbocycles. The van der Waals surface area contributed by atoms with E-state index in [9.17, 15) is 14.4 Å². The van der Waals surface area contributed by atoms with Gasteiger partial charge in [0.15, 0.2) is 0 Å². The first-order valence-electron chi connectivity index (χ1n) is 9.87. The van der Waals surface area contributed by atoms with E-state index in [2.05, 4.69) is 20.9 Å². The first-order valence-corrected chi connectivity index (χ1v) is 10.7. The van der Waals surface area contributed by atoms with Gasteiger partial charge in [0.05, 0.1) is 24.6 Å². The van der Waals surface area contributed by atoms with Crippen molar-refractivity contribution in [2.75, 3.05) is 24.6 Å². The predicted octanol–water partition coefficient (Wildman–Crippen LogP) is 3.18. The molecular formula is C22H24BrN3O4. The second-order valence-corrected chi connectivity index (χ2v) is 7.89. The minimum absolute atomic E-state index is 0.0908. The van der Waals surface area contributed by atoms with Crippen molar-refractivity contribution < 1.29 is 19.1 Å². The van der Waals surface area contributed by atoms with E-state index in [0.717, 1.165) is 15.7 Å². The lowest BCUT2D eigenvalue weighted by atomic mass is 10.1. The molecule has 30 heavy (non-hydrogen) atoms. The summed E-state index contributed by atoms with van der Waals surface area (Å²) in [7, 11) is 0. The van der Waals surface area contributed by atoms with Crippen LogP contribution >= 0.6 is 15.9 Å². The number of rotatable bonds is 8. The normalized spacial score (nSPS) is 15.9. The van der Waals surface area contributed by atoms with Crippen molar-refractivity contribution in [2.24, 2.45) is 5.92 Å². The average Bonchev–Trinajstić information content (AvgIpc) is 3.13. The molecule has 1 aromatic heterocycles. The van der Waals surface area contributed by atoms with Crippen molar-refractivity contribution in [1.82, 2.24) is 9.88 Å². The highest BCUT2D eigenvalue weighted by atomic mass is 79.9. The van der Waals surface area contributed by atoms with Gasteiger partial charge in [-0.3, -0.25) is 19.4 Å². The van der Waals surface area contributed by atoms with E-state index in [0.29, 0.717) is 19.7 Å². The molecule has 0 radical (unpaired) electrons. The Labute approximate surface area is 184 Å². The molecule has 0 saturated carbocycles. The summed E-state index contributed by atoms with van der Waals surface area (Å²) >= 11 is 3.47. The highest BCUT2D eigenvalue weighted by molar-refractivity contribution is 9.10. The molecule has 0 N–H and O–H groups in total. The van der Waals surface area contributed by atoms with Crippen molar-refractivity contribution in [3.63, 3.8) is 0 Å². The molecule has 1 unspecified atom stereocenters. The van der Waals surface area contributed by atoms with Crippen molar-refractivity contribution in [2.45, 2.75) is 26.3 Å². The number of amides is 2. The third-order valence-electron chi connectivity index (χ3n) is 4.92. The van der Waals surface area contributed by atoms with Crippen LogP contribution in [-0.4, -0.2) is 47.4 Å². The Morgan fingerprint density at radius 1 is 1.27 bits per heavy atom. The summed E-state index contributed by atoms with van der Waals surface area (Å²) in [6.07, 6.45) is 3.61. The second-order valence-electron chi connectivity index (χ2n) is 7.03. The Morgan fingerprint density at radius 3 is 2.77 bits per heavy atom. The summed E-state index contributed by atoms with van der Waals surface area (Å²) in [6, 6.07) is 11.1. The van der Waals surface area contributed by atoms with E-state index in [1.54, 1.807) is 35.2 Å². The highest BCUT2D eigenvalue weighted by Crippen LogP contribution is 2.32. The van der Waals surface area contributed by atoms with Crippen LogP contribution in [-0.2, 0) is 25.7 Å². The van der Waals surface area contributed by atoms with Gasteiger partial charge in [-0.1, -0.05) is 18.2 Å². The number of ether oxygens (including phenoxy) is 1. The molecule has 7 nitrogen and oxygen atoms in total. The molecule has 1 atom stereocenters. The molecule has 2 aromatic rings. The van der Waals surface area contributed by atoms with E-state index in [4.69, 9.17) is 4.74 Å². The molecule has 1 aliphatic rings. The summed E-state index contributed by atoms with van der Waals surface area (Å²) in [4.78, 5) is 45.1. The lowest BCUT2D eigenvalue weighted by Crippen LogP contribution is -2.38. The van der Waals surface area contributed by atoms with Crippen LogP contribution in [0.25, 0.3) is 0 Å². The first kappa shape index (κ1) is 22.0. The van der Waals surface area contributed by atoms with Gasteiger partial charge in [-0.05, 0) is 46.6 Å². The monoisotopic (exact) mass is 473 g/mol. The van der Waals surface area contributed by atoms with Crippen LogP contribution in [0.3, 0.4) is 0 Å². The third-order valence-corrected chi connectivity index (χ3v) is 5.59. The van der Waals surface area contributed by atoms with Gasteiger partial charge in [0, 0.05) is 42.9 Å². The molecule has 2 heterocycles. The van der Waals surface area contributed by atoms with E-state index in [-0.39, 0.29) is 37.2 Å². The summed E-state index contributed by atoms with van der Waals surface area (Å²) in [6.45, 7) is 2.91. The van der Waals surface area contributed by atoms with Crippen LogP contribution in [0.1, 0.15) is 25.3 Å². The van der Waals surface area contributed by atoms with Crippen LogP contribution in [0, 0.1) is 5.92 Å². The van der Waals surface area contributed by atoms with Gasteiger partial charge in [0.25, 0.3) is 0 Å². The van der Waals surface area contributed by atoms with Crippen molar-refractivity contribution in [3.05, 3.63) is 58.8 Å². The number of halogens is 1. The molecule has 158 valence electrons. The molecule has 2 amide bonds. The summed E-state index contributed by atoms with van der Waals surface area (Å²) in [5.41, 5.74) is 1.62. The molecular weight excluding hydrogens is 450 g/mol. The van der Waals surface area contributed by atoms with Crippen LogP contribution < -0.4 is 4.90 Å². The summed E-state index contributed by atoms with van der Waals surface area (Å²) in [5.74, 6) is -1.06. The van der Waals surface area contributed by atoms with E-state index in [1.165, 1.54) is 0 Å². The number of nitrogens with zero attached hydrogens (tertiary/aromatic N) is 3. The fraction of sp³-hybridized carbons (Fsp3) is 0.364. The van der Waals surface area contributed by atoms with Crippen molar-refractivity contribution >= 4 is 39.4 Å². The molecule has 8 heteroatoms. The van der Waals surface area contributed by atoms with Crippen LogP contribution in [0.2, 0.25) is 0 Å². The van der Waals surface area contributed by atoms with Crippen LogP contribution in [0.4, 0.5) is 5.69 Å². The number of pyridine rings is 1. The molecule has 3 rings (SSSR count). The standard InChI is InChI=1S/C22H24BrN3O4/c1-2-30-21(28)9-11-25(14-16-6-5-10-24-13-16)22(29)17-12-20(27)26(15-17)19-8-4-3-7-18(19)23/h3-8,10,13,17H,2,9,11-12,14-15H2,1H3. The van der Waals surface area contributed by atoms with Gasteiger partial charge in [-0.2, -0.15) is 0 Å². The Kier molecular flexibility index (Phi) is 7.57. The average molecular weight is 474 g/mol. The number of anilines is 1. The number of benzene rings is 1. The Morgan fingerprint density at radius 2 is 2.07 bits per heavy atom. The topological polar surface area (TPSA) is 79.8 Å². The van der Waals surface area contributed by atoms with E-state index >= 15 is 0 Å². The zero-order chi connectivity index (χ0) is 21.5. The van der Waals surface area contributed by atoms with Crippen molar-refractivity contribution in [1.29, 1.82) is 0 Å². The number of hydrogen-bond donors (Lipinski definition) is 0. The summed E-state index contributed by atoms with van der Waals surface area (Å²) in [5, 5.41) is 0. The fourth-order valence-electron chi connectivity index (χ4n) is 3.47. The number of carbonyl (C=O) groups is 3. The van der Waals surface area contributed by atoms with Crippen molar-refractivity contribution in [3.8, 4) is 0 Å². The van der Waals surface area contributed by atoms with Gasteiger partial charge >= 0.3 is 5.97 Å². The molecule has 0 spiro atoms. The van der Waals surface area contributed by atoms with E-state index in [1.807, 2.05) is 30.3 Å². The third kappa shape index (κ3) is 5.44. The lowest BCUT2D eigenvalue weighted by molar-refractivity contribution is -0.144. The SMILES string of the molecule is CCOC(=O)CCN(Cc1cccnc1)C(=O)C1CC(=O)N(c2ccccc2Br)C1. The van der Waals surface area contributed by atoms with Gasteiger partial charge in [-0.15, -0.1) is 0 Å². The van der Waals surface area contributed by atoms with Gasteiger partial charge in [0.1, 0.15) is 0 Å². The molecule has 0 bridgehead atoms. The fourth-order valence-corrected chi connectivity index (χ4v) is 3.97. The number of carbonyl (C=O) groups excluding carboxylic acids is 3. The largest absolute Gasteiger partial charge is 0.466 e. The maximum absolute atomic E-state index is 13.3. The molecule has 1 aliphatic heterocycles. The number of esters is 1. The molecule has 1 fully saturated rings. The molecule has 1 saturated heterocycles. The zero-order valence-corrected chi connectivity index (χ0v) is 18.4. The van der Waals surface area contributed by atoms with Gasteiger partial charge < -0.3 is 14.5 Å². The Balaban J connectivity index is 1.74. The number of hydrogen-bond acceptors (Lipinski definition) is 5. The maximum atomic E-state index is 13.3. The van der Waals surface area contributed by atoms with Gasteiger partial charge in [-0.25, -0.2) is 0 Å². The van der Waals surface area contributed by atoms with E-state index < -0.39 is 5.92 Å². The Bertz CT molecular complexity index is 906. The zero-order valence-electron chi connectivity index (χ0n) is 16.8. The highest BCUT2D eigenvalue weighted by Gasteiger charge is 2.37. The first-order chi connectivity index (χ1) is 14.5. The Hall–Kier alpha value is -2.74. The number of aromatic nitrogens is 1. The molecule has 0 aliphatic carbocycles. The maximum Gasteiger partial charge on any atom is 0.307 e. The lowest BCUT2D eigenvalue weighted by Gasteiger charge is -2.25. The minimum Gasteiger partial charge on any atom is -0.466 e. The number of para-hydroxylation sites is 1. The van der Waals surface area contributed by atoms with Crippen LogP contribution in [0.5, 0.6) is 0 Å². The smallest absolute Gasteiger partial charge is 0.307 e. The summed E-state index contributed by atoms with van der Waals surface area (Å²) < 4.78 is 5.80. The van der Waals surface area contributed by atoms with Crippen LogP contribution in [0.15, 0.2) is 53.3 Å². The quantitative estimate of drug-likeness (QED) is 0.550. The predicted molar refractivity (Wildman–Crippen MR) is 116 cm³/mol.